The van der Waals surface area contributed by atoms with Gasteiger partial charge in [0.25, 0.3) is 0 Å². The summed E-state index contributed by atoms with van der Waals surface area (Å²) in [5, 5.41) is 1.25. The minimum Gasteiger partial charge on any atom is -0.462 e. The number of hydrogen-bond donors (Lipinski definition) is 0. The number of ether oxygens (including phenoxy) is 1. The van der Waals surface area contributed by atoms with E-state index in [1.54, 1.807) is 6.07 Å². The Balaban J connectivity index is 2.09. The third-order valence-corrected chi connectivity index (χ3v) is 4.16. The molecule has 1 aliphatic rings. The first-order valence-electron chi connectivity index (χ1n) is 6.81. The Bertz CT molecular complexity index is 505. The van der Waals surface area contributed by atoms with Crippen LogP contribution in [0.1, 0.15) is 38.8 Å². The van der Waals surface area contributed by atoms with Crippen molar-refractivity contribution in [2.24, 2.45) is 0 Å². The highest BCUT2D eigenvalue weighted by atomic mass is 35.5. The third kappa shape index (κ3) is 3.27. The predicted octanol–water partition coefficient (Wildman–Crippen LogP) is 4.08. The van der Waals surface area contributed by atoms with Gasteiger partial charge < -0.3 is 4.74 Å². The number of likely N-dealkylation sites (tertiary alicyclic amines) is 1. The van der Waals surface area contributed by atoms with Gasteiger partial charge in [0.15, 0.2) is 0 Å². The van der Waals surface area contributed by atoms with Crippen molar-refractivity contribution in [2.75, 3.05) is 6.54 Å². The molecule has 0 bridgehead atoms. The SMILES string of the molecule is CC(C)OC(=O)C1CCN1C(C)c1ccc(Cl)cc1Cl. The molecular formula is C15H19Cl2NO2. The van der Waals surface area contributed by atoms with Crippen LogP contribution >= 0.6 is 23.2 Å². The number of nitrogens with zero attached hydrogens (tertiary/aromatic N) is 1. The number of rotatable bonds is 4. The fourth-order valence-electron chi connectivity index (χ4n) is 2.45. The van der Waals surface area contributed by atoms with Crippen molar-refractivity contribution in [2.45, 2.75) is 45.4 Å². The Morgan fingerprint density at radius 2 is 2.05 bits per heavy atom. The largest absolute Gasteiger partial charge is 0.462 e. The van der Waals surface area contributed by atoms with E-state index in [1.165, 1.54) is 0 Å². The number of hydrogen-bond acceptors (Lipinski definition) is 3. The quantitative estimate of drug-likeness (QED) is 0.784. The first-order valence-corrected chi connectivity index (χ1v) is 7.57. The van der Waals surface area contributed by atoms with Crippen molar-refractivity contribution in [3.63, 3.8) is 0 Å². The van der Waals surface area contributed by atoms with Crippen LogP contribution in [0.2, 0.25) is 10.0 Å². The maximum Gasteiger partial charge on any atom is 0.323 e. The van der Waals surface area contributed by atoms with Crippen molar-refractivity contribution in [1.29, 1.82) is 0 Å². The molecule has 0 aliphatic carbocycles. The van der Waals surface area contributed by atoms with Crippen molar-refractivity contribution in [3.8, 4) is 0 Å². The van der Waals surface area contributed by atoms with E-state index in [-0.39, 0.29) is 24.2 Å². The van der Waals surface area contributed by atoms with Gasteiger partial charge in [0.2, 0.25) is 0 Å². The first-order chi connectivity index (χ1) is 9.40. The Hall–Kier alpha value is -0.770. The molecule has 5 heteroatoms. The van der Waals surface area contributed by atoms with Crippen LogP contribution in [0.3, 0.4) is 0 Å². The fraction of sp³-hybridized carbons (Fsp3) is 0.533. The molecule has 110 valence electrons. The zero-order chi connectivity index (χ0) is 14.9. The molecule has 0 amide bonds. The van der Waals surface area contributed by atoms with E-state index in [9.17, 15) is 4.79 Å². The van der Waals surface area contributed by atoms with Gasteiger partial charge in [-0.05, 0) is 44.9 Å². The summed E-state index contributed by atoms with van der Waals surface area (Å²) in [6.45, 7) is 6.64. The summed E-state index contributed by atoms with van der Waals surface area (Å²) in [4.78, 5) is 14.1. The molecule has 2 rings (SSSR count). The number of halogens is 2. The summed E-state index contributed by atoms with van der Waals surface area (Å²) in [6, 6.07) is 5.37. The average Bonchev–Trinajstić information content (AvgIpc) is 2.25. The van der Waals surface area contributed by atoms with Crippen LogP contribution in [0.15, 0.2) is 18.2 Å². The monoisotopic (exact) mass is 315 g/mol. The Morgan fingerprint density at radius 1 is 1.35 bits per heavy atom. The maximum absolute atomic E-state index is 12.0. The van der Waals surface area contributed by atoms with Crippen LogP contribution in [0.5, 0.6) is 0 Å². The summed E-state index contributed by atoms with van der Waals surface area (Å²) in [6.07, 6.45) is 0.751. The Labute approximate surface area is 129 Å². The lowest BCUT2D eigenvalue weighted by Gasteiger charge is -2.43. The van der Waals surface area contributed by atoms with E-state index >= 15 is 0 Å². The lowest BCUT2D eigenvalue weighted by atomic mass is 9.96. The number of carbonyl (C=O) groups excluding carboxylic acids is 1. The molecule has 3 nitrogen and oxygen atoms in total. The van der Waals surface area contributed by atoms with Crippen LogP contribution in [-0.4, -0.2) is 29.6 Å². The van der Waals surface area contributed by atoms with E-state index in [2.05, 4.69) is 4.90 Å². The highest BCUT2D eigenvalue weighted by molar-refractivity contribution is 6.35. The van der Waals surface area contributed by atoms with Crippen molar-refractivity contribution in [3.05, 3.63) is 33.8 Å². The molecular weight excluding hydrogens is 297 g/mol. The lowest BCUT2D eigenvalue weighted by Crippen LogP contribution is -2.54. The van der Waals surface area contributed by atoms with Crippen LogP contribution in [-0.2, 0) is 9.53 Å². The van der Waals surface area contributed by atoms with Crippen molar-refractivity contribution in [1.82, 2.24) is 4.90 Å². The minimum atomic E-state index is -0.167. The molecule has 1 fully saturated rings. The van der Waals surface area contributed by atoms with Gasteiger partial charge in [-0.25, -0.2) is 0 Å². The number of benzene rings is 1. The summed E-state index contributed by atoms with van der Waals surface area (Å²) in [7, 11) is 0. The number of carbonyl (C=O) groups is 1. The maximum atomic E-state index is 12.0. The second kappa shape index (κ2) is 6.33. The molecule has 0 saturated carbocycles. The molecule has 1 saturated heterocycles. The smallest absolute Gasteiger partial charge is 0.323 e. The molecule has 0 radical (unpaired) electrons. The van der Waals surface area contributed by atoms with Gasteiger partial charge in [0.05, 0.1) is 6.10 Å². The Kier molecular flexibility index (Phi) is 4.95. The highest BCUT2D eigenvalue weighted by Crippen LogP contribution is 2.35. The molecule has 1 heterocycles. The van der Waals surface area contributed by atoms with E-state index < -0.39 is 0 Å². The highest BCUT2D eigenvalue weighted by Gasteiger charge is 2.39. The predicted molar refractivity (Wildman–Crippen MR) is 81.2 cm³/mol. The molecule has 1 aromatic carbocycles. The molecule has 0 spiro atoms. The fourth-order valence-corrected chi connectivity index (χ4v) is 3.02. The second-order valence-corrected chi connectivity index (χ2v) is 6.21. The molecule has 0 aromatic heterocycles. The van der Waals surface area contributed by atoms with E-state index in [0.717, 1.165) is 18.5 Å². The summed E-state index contributed by atoms with van der Waals surface area (Å²) in [5.74, 6) is -0.150. The van der Waals surface area contributed by atoms with Gasteiger partial charge in [-0.3, -0.25) is 9.69 Å². The topological polar surface area (TPSA) is 29.5 Å². The molecule has 2 atom stereocenters. The second-order valence-electron chi connectivity index (χ2n) is 5.37. The molecule has 2 unspecified atom stereocenters. The van der Waals surface area contributed by atoms with Gasteiger partial charge >= 0.3 is 5.97 Å². The molecule has 1 aromatic rings. The van der Waals surface area contributed by atoms with Crippen LogP contribution in [0.25, 0.3) is 0 Å². The molecule has 20 heavy (non-hydrogen) atoms. The molecule has 1 aliphatic heterocycles. The zero-order valence-corrected chi connectivity index (χ0v) is 13.4. The van der Waals surface area contributed by atoms with E-state index in [4.69, 9.17) is 27.9 Å². The lowest BCUT2D eigenvalue weighted by molar-refractivity contribution is -0.160. The zero-order valence-electron chi connectivity index (χ0n) is 11.9. The summed E-state index contributed by atoms with van der Waals surface area (Å²) >= 11 is 12.1. The van der Waals surface area contributed by atoms with E-state index in [1.807, 2.05) is 32.9 Å². The van der Waals surface area contributed by atoms with Gasteiger partial charge in [0, 0.05) is 22.6 Å². The van der Waals surface area contributed by atoms with Gasteiger partial charge in [-0.15, -0.1) is 0 Å². The van der Waals surface area contributed by atoms with Crippen molar-refractivity contribution >= 4 is 29.2 Å². The first kappa shape index (κ1) is 15.6. The average molecular weight is 316 g/mol. The van der Waals surface area contributed by atoms with Crippen LogP contribution in [0.4, 0.5) is 0 Å². The summed E-state index contributed by atoms with van der Waals surface area (Å²) in [5.41, 5.74) is 0.984. The number of esters is 1. The minimum absolute atomic E-state index is 0.0678. The van der Waals surface area contributed by atoms with Gasteiger partial charge in [0.1, 0.15) is 6.04 Å². The van der Waals surface area contributed by atoms with Crippen LogP contribution < -0.4 is 0 Å². The van der Waals surface area contributed by atoms with Crippen molar-refractivity contribution < 1.29 is 9.53 Å². The summed E-state index contributed by atoms with van der Waals surface area (Å²) < 4.78 is 5.29. The van der Waals surface area contributed by atoms with Crippen LogP contribution in [0, 0.1) is 0 Å². The Morgan fingerprint density at radius 3 is 2.55 bits per heavy atom. The normalized spacial score (nSPS) is 20.6. The van der Waals surface area contributed by atoms with Gasteiger partial charge in [-0.2, -0.15) is 0 Å². The van der Waals surface area contributed by atoms with Gasteiger partial charge in [-0.1, -0.05) is 29.3 Å². The van der Waals surface area contributed by atoms with E-state index in [0.29, 0.717) is 10.0 Å². The standard InChI is InChI=1S/C15H19Cl2NO2/c1-9(2)20-15(19)14-6-7-18(14)10(3)12-5-4-11(16)8-13(12)17/h4-5,8-10,14H,6-7H2,1-3H3. The molecule has 0 N–H and O–H groups in total. The third-order valence-electron chi connectivity index (χ3n) is 3.60.